The molecule has 8 heteroatoms. The number of benzene rings is 2. The van der Waals surface area contributed by atoms with Crippen molar-refractivity contribution in [2.75, 3.05) is 13.2 Å². The average Bonchev–Trinajstić information content (AvgIpc) is 2.77. The molecule has 0 fully saturated rings. The number of nitrogens with zero attached hydrogens (tertiary/aromatic N) is 1. The number of ether oxygens (including phenoxy) is 1. The molecule has 7 nitrogen and oxygen atoms in total. The third-order valence-corrected chi connectivity index (χ3v) is 4.95. The Bertz CT molecular complexity index is 1010. The highest BCUT2D eigenvalue weighted by Crippen LogP contribution is 2.23. The molecule has 1 amide bonds. The summed E-state index contributed by atoms with van der Waals surface area (Å²) in [5.41, 5.74) is 7.22. The monoisotopic (exact) mass is 441 g/mol. The average molecular weight is 442 g/mol. The Balaban J connectivity index is 1.57. The van der Waals surface area contributed by atoms with Crippen molar-refractivity contribution in [3.05, 3.63) is 88.6 Å². The molecule has 162 valence electrons. The third-order valence-electron chi connectivity index (χ3n) is 4.71. The van der Waals surface area contributed by atoms with Crippen molar-refractivity contribution in [3.63, 3.8) is 0 Å². The summed E-state index contributed by atoms with van der Waals surface area (Å²) in [7, 11) is 0. The maximum Gasteiger partial charge on any atom is 0.254 e. The molecular formula is C23H24ClN3O4. The minimum absolute atomic E-state index is 0.0869. The van der Waals surface area contributed by atoms with Gasteiger partial charge < -0.3 is 26.0 Å². The number of halogens is 1. The Morgan fingerprint density at radius 2 is 1.94 bits per heavy atom. The molecule has 3 aromatic rings. The largest absolute Gasteiger partial charge is 0.438 e. The van der Waals surface area contributed by atoms with E-state index in [1.165, 1.54) is 6.20 Å². The molecule has 0 bridgehead atoms. The summed E-state index contributed by atoms with van der Waals surface area (Å²) >= 11 is 5.97. The first-order valence-corrected chi connectivity index (χ1v) is 10.1. The van der Waals surface area contributed by atoms with Gasteiger partial charge in [-0.1, -0.05) is 35.9 Å². The third kappa shape index (κ3) is 6.50. The van der Waals surface area contributed by atoms with Crippen LogP contribution in [0, 0.1) is 0 Å². The van der Waals surface area contributed by atoms with Gasteiger partial charge in [-0.15, -0.1) is 0 Å². The molecule has 1 heterocycles. The van der Waals surface area contributed by atoms with Crippen LogP contribution in [0.1, 0.15) is 27.6 Å². The van der Waals surface area contributed by atoms with Gasteiger partial charge in [0.2, 0.25) is 5.88 Å². The highest BCUT2D eigenvalue weighted by atomic mass is 35.5. The van der Waals surface area contributed by atoms with Crippen LogP contribution in [0.5, 0.6) is 11.6 Å². The zero-order valence-electron chi connectivity index (χ0n) is 16.7. The molecule has 0 aliphatic carbocycles. The van der Waals surface area contributed by atoms with Gasteiger partial charge in [-0.2, -0.15) is 0 Å². The summed E-state index contributed by atoms with van der Waals surface area (Å²) in [5.74, 6) is 0.0408. The normalized spacial score (nSPS) is 12.9. The van der Waals surface area contributed by atoms with Gasteiger partial charge in [0.05, 0.1) is 12.7 Å². The molecule has 2 aromatic carbocycles. The van der Waals surface area contributed by atoms with E-state index >= 15 is 0 Å². The van der Waals surface area contributed by atoms with Crippen molar-refractivity contribution in [1.82, 2.24) is 10.3 Å². The lowest BCUT2D eigenvalue weighted by Gasteiger charge is -2.19. The van der Waals surface area contributed by atoms with Crippen LogP contribution in [0.4, 0.5) is 0 Å². The minimum Gasteiger partial charge on any atom is -0.438 e. The summed E-state index contributed by atoms with van der Waals surface area (Å²) in [6.45, 7) is 0.193. The van der Waals surface area contributed by atoms with E-state index in [0.717, 1.165) is 5.56 Å². The zero-order chi connectivity index (χ0) is 22.2. The molecule has 0 saturated carbocycles. The van der Waals surface area contributed by atoms with E-state index in [-0.39, 0.29) is 30.6 Å². The quantitative estimate of drug-likeness (QED) is 0.384. The summed E-state index contributed by atoms with van der Waals surface area (Å²) in [6, 6.07) is 17.2. The number of primary amides is 1. The number of nitrogens with one attached hydrogen (secondary N) is 1. The van der Waals surface area contributed by atoms with E-state index in [4.69, 9.17) is 22.1 Å². The fraction of sp³-hybridized carbons (Fsp3) is 0.217. The molecule has 0 unspecified atom stereocenters. The predicted octanol–water partition coefficient (Wildman–Crippen LogP) is 2.85. The summed E-state index contributed by atoms with van der Waals surface area (Å²) in [6.07, 6.45) is 1.34. The van der Waals surface area contributed by atoms with Crippen LogP contribution in [-0.2, 0) is 6.42 Å². The summed E-state index contributed by atoms with van der Waals surface area (Å²) < 4.78 is 5.67. The number of carbonyl (C=O) groups excluding carboxylic acids is 1. The number of nitrogens with two attached hydrogens (primary N) is 1. The molecule has 31 heavy (non-hydrogen) atoms. The Morgan fingerprint density at radius 3 is 2.61 bits per heavy atom. The first kappa shape index (κ1) is 22.7. The first-order valence-electron chi connectivity index (χ1n) is 9.75. The predicted molar refractivity (Wildman–Crippen MR) is 118 cm³/mol. The molecule has 0 aliphatic rings. The summed E-state index contributed by atoms with van der Waals surface area (Å²) in [4.78, 5) is 15.5. The molecule has 1 aromatic heterocycles. The minimum atomic E-state index is -0.735. The second-order valence-corrected chi connectivity index (χ2v) is 7.47. The van der Waals surface area contributed by atoms with E-state index in [1.807, 2.05) is 12.1 Å². The van der Waals surface area contributed by atoms with Gasteiger partial charge in [-0.3, -0.25) is 4.79 Å². The molecule has 0 spiro atoms. The molecular weight excluding hydrogens is 418 g/mol. The lowest BCUT2D eigenvalue weighted by atomic mass is 10.1. The van der Waals surface area contributed by atoms with Crippen molar-refractivity contribution >= 4 is 17.5 Å². The van der Waals surface area contributed by atoms with Crippen molar-refractivity contribution < 1.29 is 19.7 Å². The molecule has 0 aliphatic heterocycles. The lowest BCUT2D eigenvalue weighted by Crippen LogP contribution is -2.37. The number of carbonyl (C=O) groups is 1. The highest BCUT2D eigenvalue weighted by molar-refractivity contribution is 6.30. The SMILES string of the molecule is NC(=O)c1cccnc1Oc1ccc(C[C@@H](CO)NC[C@H](O)c2cccc(Cl)c2)cc1. The van der Waals surface area contributed by atoms with E-state index < -0.39 is 12.0 Å². The molecule has 0 saturated heterocycles. The molecule has 5 N–H and O–H groups in total. The number of aromatic nitrogens is 1. The Kier molecular flexibility index (Phi) is 7.97. The van der Waals surface area contributed by atoms with Crippen molar-refractivity contribution in [3.8, 4) is 11.6 Å². The number of rotatable bonds is 10. The Hall–Kier alpha value is -2.97. The number of hydrogen-bond donors (Lipinski definition) is 4. The lowest BCUT2D eigenvalue weighted by molar-refractivity contribution is 0.0997. The molecule has 3 rings (SSSR count). The van der Waals surface area contributed by atoms with Crippen LogP contribution in [-0.4, -0.2) is 40.3 Å². The van der Waals surface area contributed by atoms with Crippen LogP contribution < -0.4 is 15.8 Å². The van der Waals surface area contributed by atoms with Crippen LogP contribution in [0.2, 0.25) is 5.02 Å². The van der Waals surface area contributed by atoms with E-state index in [2.05, 4.69) is 10.3 Å². The van der Waals surface area contributed by atoms with Crippen LogP contribution in [0.15, 0.2) is 66.9 Å². The van der Waals surface area contributed by atoms with Gasteiger partial charge in [0.15, 0.2) is 0 Å². The summed E-state index contributed by atoms with van der Waals surface area (Å²) in [5, 5.41) is 23.8. The highest BCUT2D eigenvalue weighted by Gasteiger charge is 2.14. The standard InChI is InChI=1S/C23H24ClN3O4/c24-17-4-1-3-16(12-17)21(29)13-27-18(14-28)11-15-6-8-19(9-7-15)31-23-20(22(25)30)5-2-10-26-23/h1-10,12,18,21,27-29H,11,13-14H2,(H2,25,30)/t18-,21-/m0/s1. The van der Waals surface area contributed by atoms with Gasteiger partial charge in [-0.05, 0) is 53.9 Å². The van der Waals surface area contributed by atoms with E-state index in [9.17, 15) is 15.0 Å². The Labute approximate surface area is 185 Å². The second kappa shape index (κ2) is 10.9. The van der Waals surface area contributed by atoms with Gasteiger partial charge >= 0.3 is 0 Å². The van der Waals surface area contributed by atoms with Crippen molar-refractivity contribution in [2.24, 2.45) is 5.73 Å². The fourth-order valence-electron chi connectivity index (χ4n) is 3.06. The van der Waals surface area contributed by atoms with Crippen LogP contribution in [0.25, 0.3) is 0 Å². The van der Waals surface area contributed by atoms with Crippen LogP contribution >= 0.6 is 11.6 Å². The molecule has 2 atom stereocenters. The van der Waals surface area contributed by atoms with Gasteiger partial charge in [0.25, 0.3) is 5.91 Å². The number of aliphatic hydroxyl groups excluding tert-OH is 2. The number of aliphatic hydroxyl groups is 2. The van der Waals surface area contributed by atoms with Crippen LogP contribution in [0.3, 0.4) is 0 Å². The second-order valence-electron chi connectivity index (χ2n) is 7.03. The number of hydrogen-bond acceptors (Lipinski definition) is 6. The van der Waals surface area contributed by atoms with E-state index in [1.54, 1.807) is 48.5 Å². The smallest absolute Gasteiger partial charge is 0.254 e. The Morgan fingerprint density at radius 1 is 1.16 bits per heavy atom. The topological polar surface area (TPSA) is 118 Å². The fourth-order valence-corrected chi connectivity index (χ4v) is 3.26. The maximum atomic E-state index is 11.5. The van der Waals surface area contributed by atoms with Crippen molar-refractivity contribution in [2.45, 2.75) is 18.6 Å². The van der Waals surface area contributed by atoms with Gasteiger partial charge in [-0.25, -0.2) is 4.98 Å². The zero-order valence-corrected chi connectivity index (χ0v) is 17.5. The number of pyridine rings is 1. The first-order chi connectivity index (χ1) is 15.0. The number of amides is 1. The van der Waals surface area contributed by atoms with Gasteiger partial charge in [0.1, 0.15) is 11.3 Å². The van der Waals surface area contributed by atoms with Gasteiger partial charge in [0, 0.05) is 23.8 Å². The van der Waals surface area contributed by atoms with E-state index in [0.29, 0.717) is 22.8 Å². The van der Waals surface area contributed by atoms with Crippen molar-refractivity contribution in [1.29, 1.82) is 0 Å². The maximum absolute atomic E-state index is 11.5. The molecule has 0 radical (unpaired) electrons.